The van der Waals surface area contributed by atoms with Gasteiger partial charge in [0.15, 0.2) is 0 Å². The minimum Gasteiger partial charge on any atom is -0.478 e. The van der Waals surface area contributed by atoms with Gasteiger partial charge in [-0.3, -0.25) is 0 Å². The van der Waals surface area contributed by atoms with Crippen LogP contribution < -0.4 is 15.5 Å². The number of hydrogen-bond donors (Lipinski definition) is 3. The van der Waals surface area contributed by atoms with Gasteiger partial charge in [0.2, 0.25) is 0 Å². The van der Waals surface area contributed by atoms with Crippen LogP contribution in [0.1, 0.15) is 5.56 Å². The smallest absolute Gasteiger partial charge is 0.333 e. The van der Waals surface area contributed by atoms with Crippen LogP contribution in [0.4, 0.5) is 11.6 Å². The van der Waals surface area contributed by atoms with Gasteiger partial charge < -0.3 is 25.4 Å². The number of carboxylic acid groups (broad SMARTS) is 1. The Labute approximate surface area is 129 Å². The third-order valence-corrected chi connectivity index (χ3v) is 4.27. The largest absolute Gasteiger partial charge is 0.478 e. The van der Waals surface area contributed by atoms with Crippen molar-refractivity contribution in [2.75, 3.05) is 37.5 Å². The van der Waals surface area contributed by atoms with Crippen LogP contribution in [-0.2, 0) is 16.0 Å². The highest BCUT2D eigenvalue weighted by Gasteiger charge is 2.32. The van der Waals surface area contributed by atoms with Gasteiger partial charge in [0.25, 0.3) is 0 Å². The second kappa shape index (κ2) is 5.94. The second-order valence-corrected chi connectivity index (χ2v) is 5.55. The minimum atomic E-state index is -0.901. The average molecular weight is 304 g/mol. The molecule has 0 amide bonds. The first-order valence-corrected chi connectivity index (χ1v) is 7.26. The van der Waals surface area contributed by atoms with Gasteiger partial charge in [0.05, 0.1) is 17.7 Å². The highest BCUT2D eigenvalue weighted by atomic mass is 16.5. The van der Waals surface area contributed by atoms with Crippen molar-refractivity contribution in [2.45, 2.75) is 18.6 Å². The molecule has 2 aliphatic rings. The molecule has 22 heavy (non-hydrogen) atoms. The lowest BCUT2D eigenvalue weighted by molar-refractivity contribution is -0.132. The molecule has 2 atom stereocenters. The first-order chi connectivity index (χ1) is 10.6. The molecule has 7 nitrogen and oxygen atoms in total. The fourth-order valence-electron chi connectivity index (χ4n) is 2.95. The van der Waals surface area contributed by atoms with Crippen LogP contribution in [0.3, 0.4) is 0 Å². The first kappa shape index (κ1) is 14.8. The summed E-state index contributed by atoms with van der Waals surface area (Å²) in [5, 5.41) is 15.3. The lowest BCUT2D eigenvalue weighted by Crippen LogP contribution is -2.37. The van der Waals surface area contributed by atoms with Gasteiger partial charge in [-0.2, -0.15) is 0 Å². The van der Waals surface area contributed by atoms with Crippen molar-refractivity contribution in [3.05, 3.63) is 29.5 Å². The Hall–Kier alpha value is -2.12. The summed E-state index contributed by atoms with van der Waals surface area (Å²) in [4.78, 5) is 17.8. The third-order valence-electron chi connectivity index (χ3n) is 4.27. The molecule has 0 bridgehead atoms. The van der Waals surface area contributed by atoms with Gasteiger partial charge >= 0.3 is 5.97 Å². The summed E-state index contributed by atoms with van der Waals surface area (Å²) in [6.07, 6.45) is 2.04. The van der Waals surface area contributed by atoms with E-state index in [4.69, 9.17) is 9.84 Å². The van der Waals surface area contributed by atoms with Gasteiger partial charge in [-0.15, -0.1) is 0 Å². The molecule has 0 aromatic carbocycles. The molecule has 3 N–H and O–H groups in total. The number of pyridine rings is 1. The Morgan fingerprint density at radius 1 is 1.50 bits per heavy atom. The number of methoxy groups -OCH3 is 1. The van der Waals surface area contributed by atoms with E-state index in [1.165, 1.54) is 6.20 Å². The highest BCUT2D eigenvalue weighted by molar-refractivity contribution is 5.88. The molecule has 1 aromatic heterocycles. The Kier molecular flexibility index (Phi) is 4.00. The van der Waals surface area contributed by atoms with Gasteiger partial charge in [-0.05, 0) is 18.7 Å². The molecule has 1 aromatic rings. The SMILES string of the molecule is CN[C@H]1CN(c2ccc3c(n2)NC=C(C(=O)O)C3)C[C@@H]1OC. The van der Waals surface area contributed by atoms with Crippen LogP contribution >= 0.6 is 0 Å². The summed E-state index contributed by atoms with van der Waals surface area (Å²) in [6, 6.07) is 4.15. The van der Waals surface area contributed by atoms with Crippen LogP contribution in [0, 0.1) is 0 Å². The van der Waals surface area contributed by atoms with Crippen LogP contribution in [0.5, 0.6) is 0 Å². The number of nitrogens with zero attached hydrogens (tertiary/aromatic N) is 2. The lowest BCUT2D eigenvalue weighted by Gasteiger charge is -2.21. The molecule has 7 heteroatoms. The van der Waals surface area contributed by atoms with Crippen molar-refractivity contribution in [3.63, 3.8) is 0 Å². The van der Waals surface area contributed by atoms with Crippen molar-refractivity contribution in [2.24, 2.45) is 0 Å². The van der Waals surface area contributed by atoms with E-state index in [-0.39, 0.29) is 12.1 Å². The van der Waals surface area contributed by atoms with E-state index in [0.717, 1.165) is 30.3 Å². The molecule has 1 saturated heterocycles. The molecule has 0 radical (unpaired) electrons. The van der Waals surface area contributed by atoms with E-state index < -0.39 is 5.97 Å². The fraction of sp³-hybridized carbons (Fsp3) is 0.467. The summed E-state index contributed by atoms with van der Waals surface area (Å²) >= 11 is 0. The molecule has 3 rings (SSSR count). The van der Waals surface area contributed by atoms with E-state index in [0.29, 0.717) is 12.0 Å². The van der Waals surface area contributed by atoms with Crippen molar-refractivity contribution >= 4 is 17.6 Å². The Bertz CT molecular complexity index is 605. The zero-order valence-corrected chi connectivity index (χ0v) is 12.7. The molecule has 3 heterocycles. The Balaban J connectivity index is 1.78. The fourth-order valence-corrected chi connectivity index (χ4v) is 2.95. The molecule has 118 valence electrons. The average Bonchev–Trinajstić information content (AvgIpc) is 2.97. The zero-order valence-electron chi connectivity index (χ0n) is 12.7. The maximum atomic E-state index is 11.0. The maximum absolute atomic E-state index is 11.0. The van der Waals surface area contributed by atoms with E-state index in [1.54, 1.807) is 7.11 Å². The Morgan fingerprint density at radius 3 is 2.95 bits per heavy atom. The van der Waals surface area contributed by atoms with Gasteiger partial charge in [-0.1, -0.05) is 6.07 Å². The lowest BCUT2D eigenvalue weighted by atomic mass is 10.0. The number of nitrogens with one attached hydrogen (secondary N) is 2. The summed E-state index contributed by atoms with van der Waals surface area (Å²) in [6.45, 7) is 1.61. The highest BCUT2D eigenvalue weighted by Crippen LogP contribution is 2.27. The number of anilines is 2. The van der Waals surface area contributed by atoms with E-state index >= 15 is 0 Å². The molecule has 0 unspecified atom stereocenters. The number of carboxylic acids is 1. The maximum Gasteiger partial charge on any atom is 0.333 e. The normalized spacial score (nSPS) is 23.7. The van der Waals surface area contributed by atoms with Crippen molar-refractivity contribution < 1.29 is 14.6 Å². The van der Waals surface area contributed by atoms with Crippen molar-refractivity contribution in [3.8, 4) is 0 Å². The number of ether oxygens (including phenoxy) is 1. The number of likely N-dealkylation sites (N-methyl/N-ethyl adjacent to an activating group) is 1. The number of hydrogen-bond acceptors (Lipinski definition) is 6. The van der Waals surface area contributed by atoms with Crippen molar-refractivity contribution in [1.29, 1.82) is 0 Å². The standard InChI is InChI=1S/C15H20N4O3/c1-16-11-7-19(8-12(11)22-2)13-4-3-9-5-10(15(20)21)6-17-14(9)18-13/h3-4,6,11-12,16H,5,7-8H2,1-2H3,(H,17,18)(H,20,21)/t11-,12-/m0/s1. The molecule has 1 fully saturated rings. The van der Waals surface area contributed by atoms with Gasteiger partial charge in [0, 0.05) is 32.8 Å². The zero-order chi connectivity index (χ0) is 15.7. The molecule has 0 spiro atoms. The second-order valence-electron chi connectivity index (χ2n) is 5.55. The number of fused-ring (bicyclic) bond motifs is 1. The van der Waals surface area contributed by atoms with E-state index in [1.807, 2.05) is 19.2 Å². The topological polar surface area (TPSA) is 86.7 Å². The van der Waals surface area contributed by atoms with Crippen LogP contribution in [0.2, 0.25) is 0 Å². The predicted octanol–water partition coefficient (Wildman–Crippen LogP) is 0.441. The molecular formula is C15H20N4O3. The number of carbonyl (C=O) groups is 1. The van der Waals surface area contributed by atoms with Gasteiger partial charge in [-0.25, -0.2) is 9.78 Å². The molecule has 2 aliphatic heterocycles. The minimum absolute atomic E-state index is 0.134. The van der Waals surface area contributed by atoms with Crippen LogP contribution in [-0.4, -0.2) is 55.5 Å². The van der Waals surface area contributed by atoms with Crippen LogP contribution in [0.25, 0.3) is 0 Å². The molecular weight excluding hydrogens is 284 g/mol. The monoisotopic (exact) mass is 304 g/mol. The van der Waals surface area contributed by atoms with Gasteiger partial charge in [0.1, 0.15) is 11.6 Å². The summed E-state index contributed by atoms with van der Waals surface area (Å²) in [5.41, 5.74) is 1.24. The van der Waals surface area contributed by atoms with E-state index in [2.05, 4.69) is 20.5 Å². The molecule has 0 saturated carbocycles. The Morgan fingerprint density at radius 2 is 2.32 bits per heavy atom. The summed E-state index contributed by atoms with van der Waals surface area (Å²) in [7, 11) is 3.65. The van der Waals surface area contributed by atoms with Crippen LogP contribution in [0.15, 0.2) is 23.9 Å². The summed E-state index contributed by atoms with van der Waals surface area (Å²) < 4.78 is 5.50. The number of aliphatic carboxylic acids is 1. The first-order valence-electron chi connectivity index (χ1n) is 7.26. The quantitative estimate of drug-likeness (QED) is 0.744. The third kappa shape index (κ3) is 2.65. The number of rotatable bonds is 4. The number of aromatic nitrogens is 1. The van der Waals surface area contributed by atoms with E-state index in [9.17, 15) is 4.79 Å². The summed E-state index contributed by atoms with van der Waals surface area (Å²) in [5.74, 6) is 0.698. The van der Waals surface area contributed by atoms with Crippen molar-refractivity contribution in [1.82, 2.24) is 10.3 Å². The molecule has 0 aliphatic carbocycles. The predicted molar refractivity (Wildman–Crippen MR) is 83.1 cm³/mol.